The number of benzene rings is 2. The molecule has 4 heteroatoms. The van der Waals surface area contributed by atoms with E-state index >= 15 is 0 Å². The number of rotatable bonds is 3. The summed E-state index contributed by atoms with van der Waals surface area (Å²) in [5, 5.41) is 13.8. The van der Waals surface area contributed by atoms with E-state index in [4.69, 9.17) is 11.6 Å². The van der Waals surface area contributed by atoms with Crippen LogP contribution in [0.1, 0.15) is 11.1 Å². The molecule has 0 spiro atoms. The number of aromatic hydroxyl groups is 1. The smallest absolute Gasteiger partial charge is 0.134 e. The highest BCUT2D eigenvalue weighted by molar-refractivity contribution is 9.10. The van der Waals surface area contributed by atoms with Crippen molar-refractivity contribution in [2.75, 3.05) is 5.32 Å². The molecule has 0 saturated heterocycles. The van der Waals surface area contributed by atoms with Crippen molar-refractivity contribution in [3.63, 3.8) is 0 Å². The highest BCUT2D eigenvalue weighted by Crippen LogP contribution is 2.30. The van der Waals surface area contributed by atoms with Crippen LogP contribution in [-0.2, 0) is 6.54 Å². The van der Waals surface area contributed by atoms with Crippen molar-refractivity contribution < 1.29 is 5.11 Å². The summed E-state index contributed by atoms with van der Waals surface area (Å²) < 4.78 is 0.692. The summed E-state index contributed by atoms with van der Waals surface area (Å²) >= 11 is 9.43. The van der Waals surface area contributed by atoms with Crippen LogP contribution in [0.5, 0.6) is 5.75 Å². The predicted molar refractivity (Wildman–Crippen MR) is 79.3 cm³/mol. The molecule has 0 atom stereocenters. The highest BCUT2D eigenvalue weighted by Gasteiger charge is 2.07. The minimum atomic E-state index is 0.259. The van der Waals surface area contributed by atoms with Gasteiger partial charge in [0.1, 0.15) is 5.75 Å². The van der Waals surface area contributed by atoms with E-state index < -0.39 is 0 Å². The first-order valence-electron chi connectivity index (χ1n) is 5.55. The lowest BCUT2D eigenvalue weighted by atomic mass is 10.1. The molecule has 0 unspecified atom stereocenters. The predicted octanol–water partition coefficient (Wildman–Crippen LogP) is 4.73. The summed E-state index contributed by atoms with van der Waals surface area (Å²) in [6.45, 7) is 2.52. The Balaban J connectivity index is 2.19. The molecule has 0 aromatic heterocycles. The lowest BCUT2D eigenvalue weighted by Crippen LogP contribution is -2.02. The minimum Gasteiger partial charge on any atom is -0.506 e. The standard InChI is InChI=1S/C14H13BrClNO/c1-9-4-2-7-12(16)13(9)17-8-10-5-3-6-11(15)14(10)18/h2-7,17-18H,8H2,1H3. The molecule has 0 heterocycles. The number of hydrogen-bond donors (Lipinski definition) is 2. The average Bonchev–Trinajstić information content (AvgIpc) is 2.33. The molecule has 2 N–H and O–H groups in total. The first-order chi connectivity index (χ1) is 8.59. The van der Waals surface area contributed by atoms with E-state index in [9.17, 15) is 5.11 Å². The van der Waals surface area contributed by atoms with E-state index in [0.29, 0.717) is 16.0 Å². The van der Waals surface area contributed by atoms with Gasteiger partial charge in [-0.15, -0.1) is 0 Å². The van der Waals surface area contributed by atoms with E-state index in [1.165, 1.54) is 0 Å². The fraction of sp³-hybridized carbons (Fsp3) is 0.143. The molecule has 0 aliphatic heterocycles. The first kappa shape index (κ1) is 13.2. The zero-order valence-electron chi connectivity index (χ0n) is 9.87. The maximum absolute atomic E-state index is 9.89. The van der Waals surface area contributed by atoms with Crippen molar-refractivity contribution >= 4 is 33.2 Å². The lowest BCUT2D eigenvalue weighted by Gasteiger charge is -2.12. The van der Waals surface area contributed by atoms with Crippen LogP contribution in [0.25, 0.3) is 0 Å². The van der Waals surface area contributed by atoms with Crippen LogP contribution in [0.2, 0.25) is 5.02 Å². The van der Waals surface area contributed by atoms with Gasteiger partial charge in [0.15, 0.2) is 0 Å². The average molecular weight is 327 g/mol. The van der Waals surface area contributed by atoms with Crippen LogP contribution in [-0.4, -0.2) is 5.11 Å². The van der Waals surface area contributed by atoms with Gasteiger partial charge in [-0.05, 0) is 40.5 Å². The number of phenolic OH excluding ortho intramolecular Hbond substituents is 1. The Hall–Kier alpha value is -1.19. The third-order valence-electron chi connectivity index (χ3n) is 2.75. The molecule has 0 radical (unpaired) electrons. The molecule has 2 aromatic carbocycles. The van der Waals surface area contributed by atoms with E-state index in [-0.39, 0.29) is 5.75 Å². The second kappa shape index (κ2) is 5.63. The third kappa shape index (κ3) is 2.79. The number of phenols is 1. The topological polar surface area (TPSA) is 32.3 Å². The second-order valence-corrected chi connectivity index (χ2v) is 5.29. The molecular formula is C14H13BrClNO. The Morgan fingerprint density at radius 1 is 1.22 bits per heavy atom. The zero-order chi connectivity index (χ0) is 13.1. The summed E-state index contributed by atoms with van der Waals surface area (Å²) in [5.41, 5.74) is 2.80. The quantitative estimate of drug-likeness (QED) is 0.854. The monoisotopic (exact) mass is 325 g/mol. The van der Waals surface area contributed by atoms with Gasteiger partial charge >= 0.3 is 0 Å². The van der Waals surface area contributed by atoms with E-state index in [1.54, 1.807) is 6.07 Å². The highest BCUT2D eigenvalue weighted by atomic mass is 79.9. The molecule has 0 fully saturated rings. The maximum atomic E-state index is 9.89. The van der Waals surface area contributed by atoms with Gasteiger partial charge in [-0.25, -0.2) is 0 Å². The number of halogens is 2. The summed E-state index contributed by atoms with van der Waals surface area (Å²) in [4.78, 5) is 0. The zero-order valence-corrected chi connectivity index (χ0v) is 12.2. The largest absolute Gasteiger partial charge is 0.506 e. The third-order valence-corrected chi connectivity index (χ3v) is 3.70. The number of hydrogen-bond acceptors (Lipinski definition) is 2. The van der Waals surface area contributed by atoms with Gasteiger partial charge in [-0.3, -0.25) is 0 Å². The lowest BCUT2D eigenvalue weighted by molar-refractivity contribution is 0.465. The van der Waals surface area contributed by atoms with Crippen LogP contribution >= 0.6 is 27.5 Å². The normalized spacial score (nSPS) is 10.4. The molecule has 0 aliphatic carbocycles. The van der Waals surface area contributed by atoms with Gasteiger partial charge in [-0.2, -0.15) is 0 Å². The molecule has 18 heavy (non-hydrogen) atoms. The Bertz CT molecular complexity index is 551. The fourth-order valence-corrected chi connectivity index (χ4v) is 2.44. The summed E-state index contributed by atoms with van der Waals surface area (Å²) in [6, 6.07) is 11.3. The van der Waals surface area contributed by atoms with Crippen LogP contribution in [0, 0.1) is 6.92 Å². The molecule has 2 rings (SSSR count). The van der Waals surface area contributed by atoms with Gasteiger partial charge in [0.25, 0.3) is 0 Å². The number of anilines is 1. The Morgan fingerprint density at radius 3 is 2.67 bits per heavy atom. The number of para-hydroxylation sites is 2. The fourth-order valence-electron chi connectivity index (χ4n) is 1.74. The maximum Gasteiger partial charge on any atom is 0.134 e. The molecule has 2 nitrogen and oxygen atoms in total. The number of nitrogens with one attached hydrogen (secondary N) is 1. The summed E-state index contributed by atoms with van der Waals surface area (Å²) in [5.74, 6) is 0.259. The molecule has 0 saturated carbocycles. The van der Waals surface area contributed by atoms with Crippen LogP contribution < -0.4 is 5.32 Å². The molecule has 2 aromatic rings. The van der Waals surface area contributed by atoms with Crippen molar-refractivity contribution in [2.45, 2.75) is 13.5 Å². The van der Waals surface area contributed by atoms with E-state index in [1.807, 2.05) is 37.3 Å². The van der Waals surface area contributed by atoms with Crippen molar-refractivity contribution in [3.05, 3.63) is 57.0 Å². The van der Waals surface area contributed by atoms with Crippen LogP contribution in [0.4, 0.5) is 5.69 Å². The van der Waals surface area contributed by atoms with Crippen molar-refractivity contribution in [1.82, 2.24) is 0 Å². The minimum absolute atomic E-state index is 0.259. The molecular weight excluding hydrogens is 314 g/mol. The Kier molecular flexibility index (Phi) is 4.15. The van der Waals surface area contributed by atoms with Crippen molar-refractivity contribution in [1.29, 1.82) is 0 Å². The SMILES string of the molecule is Cc1cccc(Cl)c1NCc1cccc(Br)c1O. The molecule has 0 aliphatic rings. The van der Waals surface area contributed by atoms with Gasteiger partial charge in [0.05, 0.1) is 15.2 Å². The number of aryl methyl sites for hydroxylation is 1. The van der Waals surface area contributed by atoms with Crippen LogP contribution in [0.3, 0.4) is 0 Å². The van der Waals surface area contributed by atoms with E-state index in [2.05, 4.69) is 21.2 Å². The molecule has 94 valence electrons. The van der Waals surface area contributed by atoms with Crippen LogP contribution in [0.15, 0.2) is 40.9 Å². The molecule has 0 bridgehead atoms. The second-order valence-electron chi connectivity index (χ2n) is 4.03. The van der Waals surface area contributed by atoms with Gasteiger partial charge in [-0.1, -0.05) is 35.9 Å². The molecule has 0 amide bonds. The summed E-state index contributed by atoms with van der Waals surface area (Å²) in [7, 11) is 0. The van der Waals surface area contributed by atoms with Gasteiger partial charge in [0.2, 0.25) is 0 Å². The first-order valence-corrected chi connectivity index (χ1v) is 6.72. The van der Waals surface area contributed by atoms with E-state index in [0.717, 1.165) is 16.8 Å². The van der Waals surface area contributed by atoms with Crippen molar-refractivity contribution in [2.24, 2.45) is 0 Å². The Morgan fingerprint density at radius 2 is 1.94 bits per heavy atom. The van der Waals surface area contributed by atoms with Crippen molar-refractivity contribution in [3.8, 4) is 5.75 Å². The van der Waals surface area contributed by atoms with Gasteiger partial charge < -0.3 is 10.4 Å². The van der Waals surface area contributed by atoms with Gasteiger partial charge in [0, 0.05) is 12.1 Å². The summed E-state index contributed by atoms with van der Waals surface area (Å²) in [6.07, 6.45) is 0. The Labute approximate surface area is 120 Å².